The first-order chi connectivity index (χ1) is 6.65. The predicted molar refractivity (Wildman–Crippen MR) is 48.6 cm³/mol. The van der Waals surface area contributed by atoms with E-state index in [0.29, 0.717) is 6.54 Å². The topological polar surface area (TPSA) is 77.8 Å². The van der Waals surface area contributed by atoms with E-state index in [0.717, 1.165) is 25.0 Å². The van der Waals surface area contributed by atoms with Crippen molar-refractivity contribution in [3.8, 4) is 0 Å². The van der Waals surface area contributed by atoms with Crippen molar-refractivity contribution >= 4 is 11.9 Å². The molecule has 1 aliphatic heterocycles. The monoisotopic (exact) mass is 199 g/mol. The SMILES string of the molecule is O=C(O)C=CC(=O)N1CCCC1CO. The van der Waals surface area contributed by atoms with Gasteiger partial charge in [0.25, 0.3) is 0 Å². The fraction of sp³-hybridized carbons (Fsp3) is 0.556. The van der Waals surface area contributed by atoms with E-state index in [9.17, 15) is 9.59 Å². The summed E-state index contributed by atoms with van der Waals surface area (Å²) >= 11 is 0. The second-order valence-electron chi connectivity index (χ2n) is 3.18. The molecule has 78 valence electrons. The predicted octanol–water partition coefficient (Wildman–Crippen LogP) is -0.390. The molecule has 0 bridgehead atoms. The largest absolute Gasteiger partial charge is 0.478 e. The Balaban J connectivity index is 2.55. The van der Waals surface area contributed by atoms with Crippen LogP contribution in [-0.4, -0.2) is 46.2 Å². The Bertz CT molecular complexity index is 262. The third-order valence-electron chi connectivity index (χ3n) is 2.24. The molecule has 5 heteroatoms. The quantitative estimate of drug-likeness (QED) is 0.607. The lowest BCUT2D eigenvalue weighted by Gasteiger charge is -2.20. The number of carboxylic acids is 1. The summed E-state index contributed by atoms with van der Waals surface area (Å²) in [6.45, 7) is 0.528. The highest BCUT2D eigenvalue weighted by Gasteiger charge is 2.26. The Morgan fingerprint density at radius 2 is 2.14 bits per heavy atom. The van der Waals surface area contributed by atoms with Crippen LogP contribution in [0.25, 0.3) is 0 Å². The Morgan fingerprint density at radius 3 is 2.71 bits per heavy atom. The third-order valence-corrected chi connectivity index (χ3v) is 2.24. The molecule has 1 rings (SSSR count). The lowest BCUT2D eigenvalue weighted by atomic mass is 10.2. The number of aliphatic hydroxyl groups is 1. The third kappa shape index (κ3) is 2.56. The van der Waals surface area contributed by atoms with Gasteiger partial charge in [-0.3, -0.25) is 4.79 Å². The molecule has 1 fully saturated rings. The normalized spacial score (nSPS) is 21.8. The number of aliphatic hydroxyl groups excluding tert-OH is 1. The van der Waals surface area contributed by atoms with Gasteiger partial charge in [-0.2, -0.15) is 0 Å². The number of carbonyl (C=O) groups is 2. The van der Waals surface area contributed by atoms with E-state index < -0.39 is 5.97 Å². The Morgan fingerprint density at radius 1 is 1.43 bits per heavy atom. The van der Waals surface area contributed by atoms with Crippen LogP contribution in [0.4, 0.5) is 0 Å². The van der Waals surface area contributed by atoms with Gasteiger partial charge in [-0.25, -0.2) is 4.79 Å². The molecule has 0 saturated carbocycles. The van der Waals surface area contributed by atoms with E-state index in [2.05, 4.69) is 0 Å². The first kappa shape index (κ1) is 10.7. The highest BCUT2D eigenvalue weighted by atomic mass is 16.4. The summed E-state index contributed by atoms with van der Waals surface area (Å²) in [5, 5.41) is 17.2. The van der Waals surface area contributed by atoms with Gasteiger partial charge < -0.3 is 15.1 Å². The molecule has 0 aromatic carbocycles. The van der Waals surface area contributed by atoms with Crippen molar-refractivity contribution in [1.29, 1.82) is 0 Å². The maximum atomic E-state index is 11.4. The number of aliphatic carboxylic acids is 1. The van der Waals surface area contributed by atoms with Crippen LogP contribution in [0, 0.1) is 0 Å². The van der Waals surface area contributed by atoms with Gasteiger partial charge in [0.1, 0.15) is 0 Å². The van der Waals surface area contributed by atoms with Crippen LogP contribution in [0.5, 0.6) is 0 Å². The fourth-order valence-electron chi connectivity index (χ4n) is 1.55. The van der Waals surface area contributed by atoms with E-state index in [1.165, 1.54) is 4.90 Å². The smallest absolute Gasteiger partial charge is 0.328 e. The summed E-state index contributed by atoms with van der Waals surface area (Å²) in [5.74, 6) is -1.48. The van der Waals surface area contributed by atoms with Crippen molar-refractivity contribution in [1.82, 2.24) is 4.90 Å². The van der Waals surface area contributed by atoms with Gasteiger partial charge in [0.2, 0.25) is 5.91 Å². The number of rotatable bonds is 3. The minimum atomic E-state index is -1.14. The minimum absolute atomic E-state index is 0.0628. The highest BCUT2D eigenvalue weighted by molar-refractivity contribution is 5.94. The number of hydrogen-bond donors (Lipinski definition) is 2. The number of carbonyl (C=O) groups excluding carboxylic acids is 1. The number of likely N-dealkylation sites (tertiary alicyclic amines) is 1. The summed E-state index contributed by atoms with van der Waals surface area (Å²) in [5.41, 5.74) is 0. The van der Waals surface area contributed by atoms with Crippen LogP contribution >= 0.6 is 0 Å². The summed E-state index contributed by atoms with van der Waals surface area (Å²) in [6, 6.07) is -0.152. The molecule has 0 aromatic heterocycles. The number of hydrogen-bond acceptors (Lipinski definition) is 3. The van der Waals surface area contributed by atoms with Gasteiger partial charge in [-0.1, -0.05) is 0 Å². The van der Waals surface area contributed by atoms with E-state index in [4.69, 9.17) is 10.2 Å². The van der Waals surface area contributed by atoms with Crippen LogP contribution < -0.4 is 0 Å². The van der Waals surface area contributed by atoms with E-state index >= 15 is 0 Å². The number of carboxylic acid groups (broad SMARTS) is 1. The number of nitrogens with zero attached hydrogens (tertiary/aromatic N) is 1. The fourth-order valence-corrected chi connectivity index (χ4v) is 1.55. The highest BCUT2D eigenvalue weighted by Crippen LogP contribution is 2.16. The Hall–Kier alpha value is -1.36. The molecule has 1 unspecified atom stereocenters. The first-order valence-electron chi connectivity index (χ1n) is 4.47. The molecule has 0 radical (unpaired) electrons. The summed E-state index contributed by atoms with van der Waals surface area (Å²) in [6.07, 6.45) is 3.48. The number of amides is 1. The second-order valence-corrected chi connectivity index (χ2v) is 3.18. The van der Waals surface area contributed by atoms with Gasteiger partial charge in [0.15, 0.2) is 0 Å². The maximum Gasteiger partial charge on any atom is 0.328 e. The van der Waals surface area contributed by atoms with Gasteiger partial charge in [-0.15, -0.1) is 0 Å². The molecule has 1 heterocycles. The average Bonchev–Trinajstić information content (AvgIpc) is 2.61. The molecular formula is C9H13NO4. The Kier molecular flexibility index (Phi) is 3.64. The van der Waals surface area contributed by atoms with Crippen molar-refractivity contribution in [2.24, 2.45) is 0 Å². The molecule has 0 spiro atoms. The van der Waals surface area contributed by atoms with Crippen molar-refractivity contribution in [2.75, 3.05) is 13.2 Å². The zero-order valence-electron chi connectivity index (χ0n) is 7.72. The molecule has 5 nitrogen and oxygen atoms in total. The lowest BCUT2D eigenvalue weighted by molar-refractivity contribution is -0.132. The zero-order chi connectivity index (χ0) is 10.6. The average molecular weight is 199 g/mol. The molecular weight excluding hydrogens is 186 g/mol. The second kappa shape index (κ2) is 4.76. The van der Waals surface area contributed by atoms with Crippen LogP contribution in [0.15, 0.2) is 12.2 Å². The van der Waals surface area contributed by atoms with Crippen LogP contribution in [0.1, 0.15) is 12.8 Å². The molecule has 0 aromatic rings. The van der Waals surface area contributed by atoms with Crippen molar-refractivity contribution in [3.05, 3.63) is 12.2 Å². The summed E-state index contributed by atoms with van der Waals surface area (Å²) < 4.78 is 0. The standard InChI is InChI=1S/C9H13NO4/c11-6-7-2-1-5-10(7)8(12)3-4-9(13)14/h3-4,7,11H,1-2,5-6H2,(H,13,14). The molecule has 0 aliphatic carbocycles. The van der Waals surface area contributed by atoms with Crippen LogP contribution in [0.2, 0.25) is 0 Å². The van der Waals surface area contributed by atoms with Gasteiger partial charge in [0.05, 0.1) is 12.6 Å². The lowest BCUT2D eigenvalue weighted by Crippen LogP contribution is -2.36. The van der Waals surface area contributed by atoms with E-state index in [1.807, 2.05) is 0 Å². The molecule has 14 heavy (non-hydrogen) atoms. The minimum Gasteiger partial charge on any atom is -0.478 e. The van der Waals surface area contributed by atoms with Gasteiger partial charge in [0, 0.05) is 18.7 Å². The molecule has 1 saturated heterocycles. The Labute approximate surface area is 81.6 Å². The van der Waals surface area contributed by atoms with Crippen LogP contribution in [-0.2, 0) is 9.59 Å². The van der Waals surface area contributed by atoms with Gasteiger partial charge >= 0.3 is 5.97 Å². The molecule has 1 amide bonds. The van der Waals surface area contributed by atoms with Crippen LogP contribution in [0.3, 0.4) is 0 Å². The van der Waals surface area contributed by atoms with E-state index in [-0.39, 0.29) is 18.6 Å². The molecule has 1 aliphatic rings. The molecule has 1 atom stereocenters. The van der Waals surface area contributed by atoms with Gasteiger partial charge in [-0.05, 0) is 12.8 Å². The first-order valence-corrected chi connectivity index (χ1v) is 4.47. The van der Waals surface area contributed by atoms with Crippen molar-refractivity contribution in [2.45, 2.75) is 18.9 Å². The zero-order valence-corrected chi connectivity index (χ0v) is 7.72. The molecule has 2 N–H and O–H groups in total. The van der Waals surface area contributed by atoms with Crippen molar-refractivity contribution < 1.29 is 19.8 Å². The summed E-state index contributed by atoms with van der Waals surface area (Å²) in [7, 11) is 0. The summed E-state index contributed by atoms with van der Waals surface area (Å²) in [4.78, 5) is 23.0. The van der Waals surface area contributed by atoms with Crippen molar-refractivity contribution in [3.63, 3.8) is 0 Å². The van der Waals surface area contributed by atoms with E-state index in [1.54, 1.807) is 0 Å². The maximum absolute atomic E-state index is 11.4.